The maximum absolute atomic E-state index is 12.9. The zero-order valence-electron chi connectivity index (χ0n) is 19.5. The largest absolute Gasteiger partial charge is 0.322 e. The molecule has 0 bridgehead atoms. The van der Waals surface area contributed by atoms with Crippen LogP contribution in [0.1, 0.15) is 34.6 Å². The quantitative estimate of drug-likeness (QED) is 0.459. The lowest BCUT2D eigenvalue weighted by Crippen LogP contribution is -2.28. The molecule has 0 spiro atoms. The molecule has 1 aromatic heterocycles. The minimum atomic E-state index is -3.96. The molecule has 2 aromatic carbocycles. The number of amides is 1. The Kier molecular flexibility index (Phi) is 7.32. The molecule has 1 fully saturated rings. The van der Waals surface area contributed by atoms with Gasteiger partial charge in [-0.25, -0.2) is 31.5 Å². The van der Waals surface area contributed by atoms with Gasteiger partial charge in [0, 0.05) is 30.2 Å². The van der Waals surface area contributed by atoms with Crippen molar-refractivity contribution in [1.82, 2.24) is 14.3 Å². The van der Waals surface area contributed by atoms with Crippen LogP contribution in [0.25, 0.3) is 0 Å². The van der Waals surface area contributed by atoms with Gasteiger partial charge in [-0.1, -0.05) is 11.6 Å². The van der Waals surface area contributed by atoms with Crippen molar-refractivity contribution < 1.29 is 21.6 Å². The Balaban J connectivity index is 1.51. The number of benzene rings is 2. The van der Waals surface area contributed by atoms with Crippen molar-refractivity contribution in [3.63, 3.8) is 0 Å². The summed E-state index contributed by atoms with van der Waals surface area (Å²) in [5, 5.41) is 2.71. The van der Waals surface area contributed by atoms with Crippen LogP contribution in [0.4, 0.5) is 11.6 Å². The SMILES string of the molecule is Cc1cc(C)nc(NS(=O)(=O)c2ccc(NC(=O)c3cc(S(=O)(=O)N4CCCC4)ccc3Cl)cc2)n1. The summed E-state index contributed by atoms with van der Waals surface area (Å²) in [6, 6.07) is 11.2. The Bertz CT molecular complexity index is 1500. The van der Waals surface area contributed by atoms with E-state index in [4.69, 9.17) is 11.6 Å². The number of rotatable bonds is 7. The fraction of sp³-hybridized carbons (Fsp3) is 0.261. The van der Waals surface area contributed by atoms with E-state index in [0.717, 1.165) is 12.8 Å². The molecule has 1 aliphatic heterocycles. The maximum Gasteiger partial charge on any atom is 0.264 e. The van der Waals surface area contributed by atoms with Gasteiger partial charge in [0.15, 0.2) is 0 Å². The van der Waals surface area contributed by atoms with Crippen LogP contribution < -0.4 is 10.0 Å². The highest BCUT2D eigenvalue weighted by atomic mass is 35.5. The molecule has 2 heterocycles. The number of carbonyl (C=O) groups excluding carboxylic acids is 1. The van der Waals surface area contributed by atoms with E-state index in [0.29, 0.717) is 30.2 Å². The van der Waals surface area contributed by atoms with Gasteiger partial charge in [0.25, 0.3) is 15.9 Å². The Morgan fingerprint density at radius 3 is 2.08 bits per heavy atom. The number of nitrogens with zero attached hydrogens (tertiary/aromatic N) is 3. The molecular weight excluding hydrogens is 526 g/mol. The third-order valence-electron chi connectivity index (χ3n) is 5.52. The number of hydrogen-bond donors (Lipinski definition) is 2. The zero-order valence-corrected chi connectivity index (χ0v) is 21.9. The Hall–Kier alpha value is -3.06. The molecule has 1 aliphatic rings. The van der Waals surface area contributed by atoms with Gasteiger partial charge in [0.1, 0.15) is 0 Å². The topological polar surface area (TPSA) is 138 Å². The van der Waals surface area contributed by atoms with Crippen molar-refractivity contribution in [2.24, 2.45) is 0 Å². The molecule has 13 heteroatoms. The van der Waals surface area contributed by atoms with Crippen LogP contribution >= 0.6 is 11.6 Å². The summed E-state index contributed by atoms with van der Waals surface area (Å²) in [4.78, 5) is 21.0. The molecule has 4 rings (SSSR count). The first-order chi connectivity index (χ1) is 17.0. The molecule has 3 aromatic rings. The molecule has 0 saturated carbocycles. The zero-order chi connectivity index (χ0) is 26.1. The normalized spacial score (nSPS) is 14.5. The van der Waals surface area contributed by atoms with Gasteiger partial charge in [-0.05, 0) is 75.2 Å². The van der Waals surface area contributed by atoms with E-state index in [-0.39, 0.29) is 26.3 Å². The fourth-order valence-electron chi connectivity index (χ4n) is 3.78. The van der Waals surface area contributed by atoms with Gasteiger partial charge in [0.05, 0.1) is 20.4 Å². The van der Waals surface area contributed by atoms with E-state index >= 15 is 0 Å². The van der Waals surface area contributed by atoms with Crippen molar-refractivity contribution in [2.75, 3.05) is 23.1 Å². The van der Waals surface area contributed by atoms with E-state index < -0.39 is 26.0 Å². The summed E-state index contributed by atoms with van der Waals surface area (Å²) >= 11 is 6.18. The lowest BCUT2D eigenvalue weighted by Gasteiger charge is -2.16. The lowest BCUT2D eigenvalue weighted by molar-refractivity contribution is 0.102. The monoisotopic (exact) mass is 549 g/mol. The number of halogens is 1. The van der Waals surface area contributed by atoms with Gasteiger partial charge in [0.2, 0.25) is 16.0 Å². The van der Waals surface area contributed by atoms with Crippen molar-refractivity contribution in [3.8, 4) is 0 Å². The van der Waals surface area contributed by atoms with E-state index in [9.17, 15) is 21.6 Å². The molecule has 0 atom stereocenters. The fourth-order valence-corrected chi connectivity index (χ4v) is 6.47. The molecule has 0 aliphatic carbocycles. The first-order valence-electron chi connectivity index (χ1n) is 11.0. The number of aromatic nitrogens is 2. The van der Waals surface area contributed by atoms with Crippen LogP contribution in [0.5, 0.6) is 0 Å². The first-order valence-corrected chi connectivity index (χ1v) is 14.3. The van der Waals surface area contributed by atoms with Gasteiger partial charge >= 0.3 is 0 Å². The average molecular weight is 550 g/mol. The maximum atomic E-state index is 12.9. The number of nitrogens with one attached hydrogen (secondary N) is 2. The second-order valence-electron chi connectivity index (χ2n) is 8.31. The van der Waals surface area contributed by atoms with Gasteiger partial charge in [-0.3, -0.25) is 4.79 Å². The molecule has 2 N–H and O–H groups in total. The lowest BCUT2D eigenvalue weighted by atomic mass is 10.2. The van der Waals surface area contributed by atoms with E-state index in [1.807, 2.05) is 0 Å². The predicted octanol–water partition coefficient (Wildman–Crippen LogP) is 3.58. The van der Waals surface area contributed by atoms with E-state index in [1.165, 1.54) is 46.8 Å². The second-order valence-corrected chi connectivity index (χ2v) is 12.3. The third kappa shape index (κ3) is 5.67. The molecule has 36 heavy (non-hydrogen) atoms. The van der Waals surface area contributed by atoms with E-state index in [1.54, 1.807) is 19.9 Å². The summed E-state index contributed by atoms with van der Waals surface area (Å²) in [6.45, 7) is 4.33. The Morgan fingerprint density at radius 2 is 1.47 bits per heavy atom. The number of sulfonamides is 2. The van der Waals surface area contributed by atoms with E-state index in [2.05, 4.69) is 20.0 Å². The van der Waals surface area contributed by atoms with Gasteiger partial charge < -0.3 is 5.32 Å². The minimum Gasteiger partial charge on any atom is -0.322 e. The van der Waals surface area contributed by atoms with Crippen molar-refractivity contribution in [1.29, 1.82) is 0 Å². The molecule has 1 saturated heterocycles. The van der Waals surface area contributed by atoms with Crippen molar-refractivity contribution in [2.45, 2.75) is 36.5 Å². The molecule has 10 nitrogen and oxygen atoms in total. The highest BCUT2D eigenvalue weighted by Crippen LogP contribution is 2.26. The second kappa shape index (κ2) is 10.1. The number of anilines is 2. The molecule has 1 amide bonds. The third-order valence-corrected chi connectivity index (χ3v) is 9.08. The number of aryl methyl sites for hydroxylation is 2. The van der Waals surface area contributed by atoms with Crippen LogP contribution in [0.2, 0.25) is 5.02 Å². The summed E-state index contributed by atoms with van der Waals surface area (Å²) in [6.07, 6.45) is 1.58. The summed E-state index contributed by atoms with van der Waals surface area (Å²) in [5.74, 6) is -0.667. The smallest absolute Gasteiger partial charge is 0.264 e. The van der Waals surface area contributed by atoms with Crippen LogP contribution in [0, 0.1) is 13.8 Å². The van der Waals surface area contributed by atoms with Crippen LogP contribution in [-0.4, -0.2) is 50.1 Å². The average Bonchev–Trinajstić information content (AvgIpc) is 3.34. The highest BCUT2D eigenvalue weighted by molar-refractivity contribution is 7.92. The van der Waals surface area contributed by atoms with Crippen molar-refractivity contribution in [3.05, 3.63) is 70.5 Å². The van der Waals surface area contributed by atoms with Gasteiger partial charge in [-0.15, -0.1) is 0 Å². The van der Waals surface area contributed by atoms with Crippen LogP contribution in [0.15, 0.2) is 58.3 Å². The standard InChI is InChI=1S/C23H24ClN5O5S2/c1-15-13-16(2)26-23(25-15)28-35(31,32)18-7-5-17(6-8-18)27-22(30)20-14-19(9-10-21(20)24)36(33,34)29-11-3-4-12-29/h5-10,13-14H,3-4,11-12H2,1-2H3,(H,27,30)(H,25,26,28). The highest BCUT2D eigenvalue weighted by Gasteiger charge is 2.28. The van der Waals surface area contributed by atoms with Gasteiger partial charge in [-0.2, -0.15) is 4.31 Å². The summed E-state index contributed by atoms with van der Waals surface area (Å²) < 4.78 is 54.9. The molecule has 0 unspecified atom stereocenters. The van der Waals surface area contributed by atoms with Crippen molar-refractivity contribution >= 4 is 49.2 Å². The number of carbonyl (C=O) groups is 1. The molecule has 190 valence electrons. The summed E-state index contributed by atoms with van der Waals surface area (Å²) in [7, 11) is -7.69. The first kappa shape index (κ1) is 26.0. The predicted molar refractivity (Wildman–Crippen MR) is 136 cm³/mol. The van der Waals surface area contributed by atoms with Crippen LogP contribution in [-0.2, 0) is 20.0 Å². The minimum absolute atomic E-state index is 0.0118. The summed E-state index contributed by atoms with van der Waals surface area (Å²) in [5.41, 5.74) is 1.52. The number of hydrogen-bond acceptors (Lipinski definition) is 7. The Morgan fingerprint density at radius 1 is 0.889 bits per heavy atom. The Labute approximate surface area is 214 Å². The molecule has 0 radical (unpaired) electrons. The van der Waals surface area contributed by atoms with Crippen LogP contribution in [0.3, 0.4) is 0 Å². The molecular formula is C23H24ClN5O5S2.